The van der Waals surface area contributed by atoms with Gasteiger partial charge in [-0.25, -0.2) is 13.1 Å². The maximum Gasteiger partial charge on any atom is 0.244 e. The molecule has 1 aromatic heterocycles. The normalized spacial score (nSPS) is 16.6. The fourth-order valence-corrected chi connectivity index (χ4v) is 3.77. The number of ether oxygens (including phenoxy) is 1. The maximum atomic E-state index is 12.1. The van der Waals surface area contributed by atoms with Crippen LogP contribution in [0.4, 0.5) is 5.69 Å². The Morgan fingerprint density at radius 3 is 2.80 bits per heavy atom. The fourth-order valence-electron chi connectivity index (χ4n) is 2.81. The number of aryl methyl sites for hydroxylation is 1. The highest BCUT2D eigenvalue weighted by Gasteiger charge is 2.22. The van der Waals surface area contributed by atoms with Gasteiger partial charge in [0.15, 0.2) is 0 Å². The van der Waals surface area contributed by atoms with Gasteiger partial charge in [0.2, 0.25) is 15.9 Å². The molecule has 0 spiro atoms. The molecule has 3 rings (SSSR count). The molecule has 2 N–H and O–H groups in total. The molecule has 0 saturated heterocycles. The van der Waals surface area contributed by atoms with E-state index in [1.807, 2.05) is 18.2 Å². The van der Waals surface area contributed by atoms with Gasteiger partial charge in [-0.1, -0.05) is 6.07 Å². The van der Waals surface area contributed by atoms with Crippen molar-refractivity contribution in [2.75, 3.05) is 19.0 Å². The third-order valence-corrected chi connectivity index (χ3v) is 5.49. The summed E-state index contributed by atoms with van der Waals surface area (Å²) in [5.74, 6) is -0.436. The summed E-state index contributed by atoms with van der Waals surface area (Å²) in [4.78, 5) is 12.1. The molecule has 1 aliphatic rings. The summed E-state index contributed by atoms with van der Waals surface area (Å²) >= 11 is 0. The molecule has 2 aromatic rings. The molecule has 1 amide bonds. The zero-order valence-electron chi connectivity index (χ0n) is 14.0. The number of anilines is 1. The zero-order valence-corrected chi connectivity index (χ0v) is 14.8. The minimum absolute atomic E-state index is 0.0194. The fraction of sp³-hybridized carbons (Fsp3) is 0.375. The van der Waals surface area contributed by atoms with Crippen LogP contribution >= 0.6 is 0 Å². The standard InChI is InChI=1S/C16H20N4O4S/c1-20-10-15(8-17-20)25(22,23)18-9-16(21)19-13-4-3-11-6-14(24-2)7-12(11)5-13/h3-5,8,10,14,18H,6-7,9H2,1-2H3,(H,19,21). The molecule has 9 heteroatoms. The summed E-state index contributed by atoms with van der Waals surface area (Å²) in [5, 5.41) is 6.52. The maximum absolute atomic E-state index is 12.1. The first-order chi connectivity index (χ1) is 11.9. The molecule has 0 aliphatic heterocycles. The third-order valence-electron chi connectivity index (χ3n) is 4.13. The number of rotatable bonds is 6. The number of carbonyl (C=O) groups excluding carboxylic acids is 1. The summed E-state index contributed by atoms with van der Waals surface area (Å²) < 4.78 is 33.1. The van der Waals surface area contributed by atoms with Crippen LogP contribution < -0.4 is 10.0 Å². The number of nitrogens with one attached hydrogen (secondary N) is 2. The SMILES string of the molecule is COC1Cc2ccc(NC(=O)CNS(=O)(=O)c3cnn(C)c3)cc2C1. The van der Waals surface area contributed by atoms with Crippen molar-refractivity contribution < 1.29 is 17.9 Å². The lowest BCUT2D eigenvalue weighted by molar-refractivity contribution is -0.115. The highest BCUT2D eigenvalue weighted by Crippen LogP contribution is 2.26. The number of hydrogen-bond acceptors (Lipinski definition) is 5. The number of methoxy groups -OCH3 is 1. The van der Waals surface area contributed by atoms with Crippen LogP contribution in [0.3, 0.4) is 0 Å². The van der Waals surface area contributed by atoms with E-state index in [1.165, 1.54) is 22.6 Å². The number of nitrogens with zero attached hydrogens (tertiary/aromatic N) is 2. The molecule has 1 heterocycles. The first-order valence-electron chi connectivity index (χ1n) is 7.80. The predicted octanol–water partition coefficient (Wildman–Crippen LogP) is 0.451. The average molecular weight is 364 g/mol. The second-order valence-electron chi connectivity index (χ2n) is 5.97. The van der Waals surface area contributed by atoms with E-state index in [2.05, 4.69) is 15.1 Å². The molecule has 1 unspecified atom stereocenters. The number of carbonyl (C=O) groups is 1. The molecule has 1 aliphatic carbocycles. The Morgan fingerprint density at radius 1 is 1.36 bits per heavy atom. The monoisotopic (exact) mass is 364 g/mol. The summed E-state index contributed by atoms with van der Waals surface area (Å²) in [6.07, 6.45) is 4.45. The predicted molar refractivity (Wildman–Crippen MR) is 91.7 cm³/mol. The highest BCUT2D eigenvalue weighted by atomic mass is 32.2. The Labute approximate surface area is 146 Å². The van der Waals surface area contributed by atoms with Crippen molar-refractivity contribution in [3.8, 4) is 0 Å². The minimum Gasteiger partial charge on any atom is -0.381 e. The molecule has 25 heavy (non-hydrogen) atoms. The Bertz CT molecular complexity index is 891. The average Bonchev–Trinajstić information content (AvgIpc) is 3.19. The lowest BCUT2D eigenvalue weighted by atomic mass is 10.1. The van der Waals surface area contributed by atoms with Gasteiger partial charge >= 0.3 is 0 Å². The van der Waals surface area contributed by atoms with Crippen LogP contribution in [0.2, 0.25) is 0 Å². The summed E-state index contributed by atoms with van der Waals surface area (Å²) in [6.45, 7) is -0.352. The molecule has 0 saturated carbocycles. The molecular weight excluding hydrogens is 344 g/mol. The van der Waals surface area contributed by atoms with Crippen molar-refractivity contribution in [3.05, 3.63) is 41.7 Å². The Hall–Kier alpha value is -2.23. The van der Waals surface area contributed by atoms with E-state index in [4.69, 9.17) is 4.74 Å². The van der Waals surface area contributed by atoms with Crippen LogP contribution in [-0.4, -0.2) is 43.9 Å². The van der Waals surface area contributed by atoms with E-state index < -0.39 is 15.9 Å². The van der Waals surface area contributed by atoms with Crippen LogP contribution in [0.1, 0.15) is 11.1 Å². The van der Waals surface area contributed by atoms with Crippen LogP contribution in [0.25, 0.3) is 0 Å². The van der Waals surface area contributed by atoms with Gasteiger partial charge in [0, 0.05) is 26.0 Å². The molecular formula is C16H20N4O4S. The van der Waals surface area contributed by atoms with Crippen molar-refractivity contribution in [2.24, 2.45) is 7.05 Å². The van der Waals surface area contributed by atoms with Crippen LogP contribution in [0.15, 0.2) is 35.5 Å². The molecule has 1 atom stereocenters. The van der Waals surface area contributed by atoms with Gasteiger partial charge in [0.1, 0.15) is 4.90 Å². The lowest BCUT2D eigenvalue weighted by Crippen LogP contribution is -2.32. The Morgan fingerprint density at radius 2 is 2.12 bits per heavy atom. The number of hydrogen-bond donors (Lipinski definition) is 2. The second kappa shape index (κ2) is 6.95. The molecule has 8 nitrogen and oxygen atoms in total. The number of benzene rings is 1. The van der Waals surface area contributed by atoms with Gasteiger partial charge in [-0.2, -0.15) is 5.10 Å². The van der Waals surface area contributed by atoms with Gasteiger partial charge in [0.25, 0.3) is 0 Å². The van der Waals surface area contributed by atoms with Crippen LogP contribution in [0.5, 0.6) is 0 Å². The van der Waals surface area contributed by atoms with E-state index in [1.54, 1.807) is 14.2 Å². The van der Waals surface area contributed by atoms with Crippen molar-refractivity contribution in [2.45, 2.75) is 23.8 Å². The summed E-state index contributed by atoms with van der Waals surface area (Å²) in [6, 6.07) is 5.68. The van der Waals surface area contributed by atoms with Crippen molar-refractivity contribution >= 4 is 21.6 Å². The molecule has 134 valence electrons. The first-order valence-corrected chi connectivity index (χ1v) is 9.28. The van der Waals surface area contributed by atoms with Gasteiger partial charge < -0.3 is 10.1 Å². The van der Waals surface area contributed by atoms with Crippen LogP contribution in [-0.2, 0) is 39.4 Å². The van der Waals surface area contributed by atoms with Gasteiger partial charge in [-0.15, -0.1) is 0 Å². The molecule has 0 fully saturated rings. The van der Waals surface area contributed by atoms with E-state index in [0.29, 0.717) is 5.69 Å². The lowest BCUT2D eigenvalue weighted by Gasteiger charge is -2.08. The van der Waals surface area contributed by atoms with E-state index >= 15 is 0 Å². The van der Waals surface area contributed by atoms with Crippen LogP contribution in [0, 0.1) is 0 Å². The number of sulfonamides is 1. The Balaban J connectivity index is 1.58. The van der Waals surface area contributed by atoms with Crippen molar-refractivity contribution in [1.82, 2.24) is 14.5 Å². The Kier molecular flexibility index (Phi) is 4.89. The minimum atomic E-state index is -3.76. The number of amides is 1. The second-order valence-corrected chi connectivity index (χ2v) is 7.74. The van der Waals surface area contributed by atoms with E-state index in [9.17, 15) is 13.2 Å². The molecule has 1 aromatic carbocycles. The first kappa shape index (κ1) is 17.6. The molecule has 0 bridgehead atoms. The topological polar surface area (TPSA) is 102 Å². The third kappa shape index (κ3) is 4.06. The highest BCUT2D eigenvalue weighted by molar-refractivity contribution is 7.89. The number of aromatic nitrogens is 2. The van der Waals surface area contributed by atoms with E-state index in [0.717, 1.165) is 18.4 Å². The number of fused-ring (bicyclic) bond motifs is 1. The largest absolute Gasteiger partial charge is 0.381 e. The summed E-state index contributed by atoms with van der Waals surface area (Å²) in [5.41, 5.74) is 2.99. The van der Waals surface area contributed by atoms with Gasteiger partial charge in [-0.3, -0.25) is 9.48 Å². The van der Waals surface area contributed by atoms with Gasteiger partial charge in [-0.05, 0) is 36.1 Å². The zero-order chi connectivity index (χ0) is 18.0. The van der Waals surface area contributed by atoms with Crippen molar-refractivity contribution in [3.63, 3.8) is 0 Å². The van der Waals surface area contributed by atoms with E-state index in [-0.39, 0.29) is 17.5 Å². The quantitative estimate of drug-likeness (QED) is 0.775. The molecule has 0 radical (unpaired) electrons. The summed E-state index contributed by atoms with van der Waals surface area (Å²) in [7, 11) is -0.451. The van der Waals surface area contributed by atoms with Crippen molar-refractivity contribution in [1.29, 1.82) is 0 Å². The smallest absolute Gasteiger partial charge is 0.244 e. The van der Waals surface area contributed by atoms with Gasteiger partial charge in [0.05, 0.1) is 18.8 Å².